The SMILES string of the molecule is C/C=C(\C)c1c[nH]c2ncc(-c3cc(OC)c(O)c(C(=O)N(C)CCN(C)C)c3)cc12.CC.CC/C=C/O. The van der Waals surface area contributed by atoms with Crippen LogP contribution in [0.2, 0.25) is 0 Å². The molecule has 3 rings (SSSR count). The van der Waals surface area contributed by atoms with Crippen molar-refractivity contribution in [3.63, 3.8) is 0 Å². The minimum absolute atomic E-state index is 0.158. The van der Waals surface area contributed by atoms with Gasteiger partial charge in [-0.25, -0.2) is 4.98 Å². The van der Waals surface area contributed by atoms with Crippen molar-refractivity contribution in [2.75, 3.05) is 41.3 Å². The number of H-pyrrole nitrogens is 1. The predicted octanol–water partition coefficient (Wildman–Crippen LogP) is 6.50. The summed E-state index contributed by atoms with van der Waals surface area (Å²) < 4.78 is 5.36. The summed E-state index contributed by atoms with van der Waals surface area (Å²) in [5, 5.41) is 19.5. The minimum atomic E-state index is -0.263. The van der Waals surface area contributed by atoms with Crippen LogP contribution in [0.15, 0.2) is 49.0 Å². The molecule has 0 saturated heterocycles. The Morgan fingerprint density at radius 2 is 1.79 bits per heavy atom. The van der Waals surface area contributed by atoms with E-state index in [-0.39, 0.29) is 23.0 Å². The number of likely N-dealkylation sites (N-methyl/N-ethyl adjacent to an activating group) is 2. The summed E-state index contributed by atoms with van der Waals surface area (Å²) in [5.41, 5.74) is 4.81. The molecule has 3 aromatic rings. The molecule has 3 N–H and O–H groups in total. The van der Waals surface area contributed by atoms with Crippen LogP contribution >= 0.6 is 0 Å². The lowest BCUT2D eigenvalue weighted by molar-refractivity contribution is 0.0782. The molecule has 0 saturated carbocycles. The van der Waals surface area contributed by atoms with Crippen LogP contribution in [0.3, 0.4) is 0 Å². The normalized spacial score (nSPS) is 11.2. The number of pyridine rings is 1. The Morgan fingerprint density at radius 3 is 2.32 bits per heavy atom. The van der Waals surface area contributed by atoms with E-state index >= 15 is 0 Å². The maximum absolute atomic E-state index is 13.0. The number of phenols is 1. The van der Waals surface area contributed by atoms with Crippen LogP contribution in [0.4, 0.5) is 0 Å². The Morgan fingerprint density at radius 1 is 1.11 bits per heavy atom. The number of aliphatic hydroxyl groups excluding tert-OH is 1. The molecule has 8 nitrogen and oxygen atoms in total. The number of aliphatic hydroxyl groups is 1. The van der Waals surface area contributed by atoms with Crippen LogP contribution in [-0.2, 0) is 0 Å². The highest BCUT2D eigenvalue weighted by molar-refractivity contribution is 5.99. The Bertz CT molecular complexity index is 1230. The summed E-state index contributed by atoms with van der Waals surface area (Å²) >= 11 is 0. The lowest BCUT2D eigenvalue weighted by atomic mass is 10.00. The van der Waals surface area contributed by atoms with E-state index in [4.69, 9.17) is 9.84 Å². The molecule has 0 unspecified atom stereocenters. The molecule has 0 fully saturated rings. The van der Waals surface area contributed by atoms with E-state index in [9.17, 15) is 9.90 Å². The number of aromatic amines is 1. The fourth-order valence-corrected chi connectivity index (χ4v) is 3.50. The highest BCUT2D eigenvalue weighted by Gasteiger charge is 2.21. The van der Waals surface area contributed by atoms with E-state index in [2.05, 4.69) is 23.0 Å². The number of phenolic OH excluding ortho intramolecular Hbond substituents is 1. The molecule has 0 atom stereocenters. The number of benzene rings is 1. The average molecular weight is 525 g/mol. The maximum atomic E-state index is 13.0. The van der Waals surface area contributed by atoms with E-state index in [1.54, 1.807) is 36.4 Å². The fraction of sp³-hybridized carbons (Fsp3) is 0.400. The molecule has 0 aliphatic heterocycles. The van der Waals surface area contributed by atoms with Crippen molar-refractivity contribution < 1.29 is 19.7 Å². The molecule has 0 radical (unpaired) electrons. The molecule has 1 aromatic carbocycles. The average Bonchev–Trinajstić information content (AvgIpc) is 3.36. The number of hydrogen-bond donors (Lipinski definition) is 3. The lowest BCUT2D eigenvalue weighted by Gasteiger charge is -2.21. The molecule has 0 spiro atoms. The maximum Gasteiger partial charge on any atom is 0.257 e. The first kappa shape index (κ1) is 32.2. The number of hydrogen-bond acceptors (Lipinski definition) is 6. The number of nitrogens with one attached hydrogen (secondary N) is 1. The number of methoxy groups -OCH3 is 1. The van der Waals surface area contributed by atoms with E-state index in [0.717, 1.165) is 52.5 Å². The van der Waals surface area contributed by atoms with Crippen LogP contribution < -0.4 is 4.74 Å². The number of fused-ring (bicyclic) bond motifs is 1. The molecular weight excluding hydrogens is 480 g/mol. The molecule has 2 aromatic heterocycles. The molecule has 0 aliphatic rings. The Hall–Kier alpha value is -3.78. The monoisotopic (exact) mass is 524 g/mol. The molecule has 0 aliphatic carbocycles. The lowest BCUT2D eigenvalue weighted by Crippen LogP contribution is -2.33. The van der Waals surface area contributed by atoms with Gasteiger partial charge in [0.2, 0.25) is 0 Å². The highest BCUT2D eigenvalue weighted by Crippen LogP contribution is 2.37. The zero-order valence-corrected chi connectivity index (χ0v) is 24.3. The summed E-state index contributed by atoms with van der Waals surface area (Å²) in [5.74, 6) is -0.171. The second-order valence-corrected chi connectivity index (χ2v) is 8.69. The minimum Gasteiger partial charge on any atom is -0.516 e. The van der Waals surface area contributed by atoms with Crippen molar-refractivity contribution in [2.24, 2.45) is 0 Å². The molecule has 8 heteroatoms. The van der Waals surface area contributed by atoms with E-state index < -0.39 is 0 Å². The van der Waals surface area contributed by atoms with Gasteiger partial charge in [0.25, 0.3) is 5.91 Å². The first-order valence-electron chi connectivity index (χ1n) is 12.9. The van der Waals surface area contributed by atoms with Gasteiger partial charge in [-0.3, -0.25) is 4.79 Å². The van der Waals surface area contributed by atoms with Crippen molar-refractivity contribution in [2.45, 2.75) is 41.0 Å². The summed E-state index contributed by atoms with van der Waals surface area (Å²) in [4.78, 5) is 24.4. The number of amides is 1. The van der Waals surface area contributed by atoms with Crippen LogP contribution in [0.5, 0.6) is 11.5 Å². The number of aromatic nitrogens is 2. The second kappa shape index (κ2) is 16.1. The van der Waals surface area contributed by atoms with Crippen molar-refractivity contribution in [1.82, 2.24) is 19.8 Å². The predicted molar refractivity (Wildman–Crippen MR) is 158 cm³/mol. The molecule has 208 valence electrons. The van der Waals surface area contributed by atoms with Gasteiger partial charge in [-0.1, -0.05) is 32.9 Å². The number of allylic oxidation sites excluding steroid dienone is 3. The zero-order chi connectivity index (χ0) is 28.8. The van der Waals surface area contributed by atoms with Crippen molar-refractivity contribution in [1.29, 1.82) is 0 Å². The fourth-order valence-electron chi connectivity index (χ4n) is 3.50. The van der Waals surface area contributed by atoms with Crippen LogP contribution in [0.25, 0.3) is 27.7 Å². The first-order chi connectivity index (χ1) is 18.2. The van der Waals surface area contributed by atoms with Gasteiger partial charge < -0.3 is 29.7 Å². The largest absolute Gasteiger partial charge is 0.516 e. The molecule has 38 heavy (non-hydrogen) atoms. The summed E-state index contributed by atoms with van der Waals surface area (Å²) in [6.45, 7) is 11.3. The number of nitrogens with zero attached hydrogens (tertiary/aromatic N) is 3. The van der Waals surface area contributed by atoms with Gasteiger partial charge >= 0.3 is 0 Å². The van der Waals surface area contributed by atoms with Gasteiger partial charge in [0.15, 0.2) is 11.5 Å². The van der Waals surface area contributed by atoms with Gasteiger partial charge in [0.1, 0.15) is 5.65 Å². The van der Waals surface area contributed by atoms with E-state index in [1.165, 1.54) is 7.11 Å². The summed E-state index contributed by atoms with van der Waals surface area (Å²) in [6.07, 6.45) is 9.40. The molecule has 1 amide bonds. The molecular formula is C30H44N4O4. The molecule has 2 heterocycles. The van der Waals surface area contributed by atoms with Crippen molar-refractivity contribution >= 4 is 22.5 Å². The summed E-state index contributed by atoms with van der Waals surface area (Å²) in [6, 6.07) is 5.46. The third-order valence-corrected chi connectivity index (χ3v) is 5.82. The standard InChI is InChI=1S/C24H30N4O3.C4H8O.C2H6/c1-7-15(2)20-14-26-23-18(20)11-17(13-25-23)16-10-19(22(29)21(12-16)31-6)24(30)28(5)9-8-27(3)4;1-2-3-4-5;1-2/h7,10-14,29H,8-9H2,1-6H3,(H,25,26);3-5H,2H2,1H3;1-2H3/b15-7+;4-3+;. The van der Waals surface area contributed by atoms with Gasteiger partial charge in [0, 0.05) is 49.0 Å². The number of carbonyl (C=O) groups is 1. The summed E-state index contributed by atoms with van der Waals surface area (Å²) in [7, 11) is 7.11. The number of carbonyl (C=O) groups excluding carboxylic acids is 1. The highest BCUT2D eigenvalue weighted by atomic mass is 16.5. The Labute approximate surface area is 227 Å². The quantitative estimate of drug-likeness (QED) is 0.291. The number of ether oxygens (including phenoxy) is 1. The second-order valence-electron chi connectivity index (χ2n) is 8.69. The Balaban J connectivity index is 0.000000924. The first-order valence-corrected chi connectivity index (χ1v) is 12.9. The Kier molecular flexibility index (Phi) is 13.7. The topological polar surface area (TPSA) is 102 Å². The number of aromatic hydroxyl groups is 1. The third kappa shape index (κ3) is 8.38. The number of rotatable bonds is 8. The third-order valence-electron chi connectivity index (χ3n) is 5.82. The van der Waals surface area contributed by atoms with Crippen LogP contribution in [0.1, 0.15) is 57.0 Å². The van der Waals surface area contributed by atoms with Gasteiger partial charge in [-0.2, -0.15) is 0 Å². The van der Waals surface area contributed by atoms with Crippen LogP contribution in [0, 0.1) is 0 Å². The van der Waals surface area contributed by atoms with Crippen molar-refractivity contribution in [3.05, 3.63) is 60.1 Å². The zero-order valence-electron chi connectivity index (χ0n) is 24.3. The van der Waals surface area contributed by atoms with Crippen molar-refractivity contribution in [3.8, 4) is 22.6 Å². The smallest absolute Gasteiger partial charge is 0.257 e. The van der Waals surface area contributed by atoms with E-state index in [0.29, 0.717) is 6.54 Å². The molecule has 0 bridgehead atoms. The van der Waals surface area contributed by atoms with Crippen LogP contribution in [-0.4, -0.2) is 77.2 Å². The van der Waals surface area contributed by atoms with E-state index in [1.807, 2.05) is 59.0 Å². The van der Waals surface area contributed by atoms with Gasteiger partial charge in [-0.05, 0) is 63.7 Å². The van der Waals surface area contributed by atoms with Gasteiger partial charge in [-0.15, -0.1) is 0 Å². The van der Waals surface area contributed by atoms with Gasteiger partial charge in [0.05, 0.1) is 18.9 Å².